The van der Waals surface area contributed by atoms with Crippen LogP contribution in [0.15, 0.2) is 49.1 Å². The highest BCUT2D eigenvalue weighted by Gasteiger charge is 2.20. The van der Waals surface area contributed by atoms with Crippen LogP contribution in [0.4, 0.5) is 5.69 Å². The van der Waals surface area contributed by atoms with Crippen LogP contribution < -0.4 is 10.1 Å². The molecule has 28 heavy (non-hydrogen) atoms. The largest absolute Gasteiger partial charge is 0.497 e. The van der Waals surface area contributed by atoms with Crippen LogP contribution in [0.2, 0.25) is 5.02 Å². The normalized spacial score (nSPS) is 13.8. The number of hydrogen-bond donors (Lipinski definition) is 1. The van der Waals surface area contributed by atoms with Crippen LogP contribution in [0.1, 0.15) is 11.1 Å². The van der Waals surface area contributed by atoms with E-state index in [-0.39, 0.29) is 5.91 Å². The topological polar surface area (TPSA) is 72.3 Å². The molecule has 1 aliphatic rings. The molecule has 0 fully saturated rings. The van der Waals surface area contributed by atoms with Crippen LogP contribution in [0, 0.1) is 0 Å². The van der Waals surface area contributed by atoms with E-state index in [1.54, 1.807) is 36.3 Å². The number of rotatable bonds is 5. The number of halogens is 1. The summed E-state index contributed by atoms with van der Waals surface area (Å²) < 4.78 is 6.90. The lowest BCUT2D eigenvalue weighted by Crippen LogP contribution is -2.37. The van der Waals surface area contributed by atoms with E-state index in [9.17, 15) is 4.79 Å². The molecule has 0 saturated carbocycles. The highest BCUT2D eigenvalue weighted by Crippen LogP contribution is 2.25. The zero-order valence-corrected chi connectivity index (χ0v) is 16.2. The third-order valence-corrected chi connectivity index (χ3v) is 5.01. The maximum atomic E-state index is 12.7. The number of ether oxygens (including phenoxy) is 1. The molecule has 1 N–H and O–H groups in total. The van der Waals surface area contributed by atoms with E-state index >= 15 is 0 Å². The monoisotopic (exact) mass is 397 g/mol. The van der Waals surface area contributed by atoms with Crippen LogP contribution in [0.25, 0.3) is 5.69 Å². The third kappa shape index (κ3) is 4.00. The number of fused-ring (bicyclic) bond motifs is 1. The Balaban J connectivity index is 1.46. The maximum Gasteiger partial charge on any atom is 0.238 e. The van der Waals surface area contributed by atoms with E-state index < -0.39 is 0 Å². The van der Waals surface area contributed by atoms with Gasteiger partial charge in [-0.2, -0.15) is 5.10 Å². The average molecular weight is 398 g/mol. The van der Waals surface area contributed by atoms with Crippen molar-refractivity contribution in [1.82, 2.24) is 19.7 Å². The van der Waals surface area contributed by atoms with Crippen molar-refractivity contribution in [3.63, 3.8) is 0 Å². The van der Waals surface area contributed by atoms with Gasteiger partial charge in [-0.1, -0.05) is 17.7 Å². The SMILES string of the molecule is COc1ccc2c(c1)CN(CC(=O)Nc1cc(Cl)ccc1-n1cncn1)CC2. The van der Waals surface area contributed by atoms with Crippen molar-refractivity contribution in [2.24, 2.45) is 0 Å². The quantitative estimate of drug-likeness (QED) is 0.716. The standard InChI is InChI=1S/C20H20ClN5O2/c1-28-17-4-2-14-6-7-25(10-15(14)8-17)11-20(27)24-18-9-16(21)3-5-19(18)26-13-22-12-23-26/h2-5,8-9,12-13H,6-7,10-11H2,1H3,(H,24,27). The van der Waals surface area contributed by atoms with Gasteiger partial charge in [0.15, 0.2) is 0 Å². The summed E-state index contributed by atoms with van der Waals surface area (Å²) in [6.07, 6.45) is 3.93. The Hall–Kier alpha value is -2.90. The number of amides is 1. The highest BCUT2D eigenvalue weighted by atomic mass is 35.5. The molecule has 8 heteroatoms. The van der Waals surface area contributed by atoms with Crippen LogP contribution in [0.3, 0.4) is 0 Å². The summed E-state index contributed by atoms with van der Waals surface area (Å²) in [5, 5.41) is 7.63. The molecule has 2 heterocycles. The number of nitrogens with one attached hydrogen (secondary N) is 1. The van der Waals surface area contributed by atoms with Gasteiger partial charge in [0.2, 0.25) is 5.91 Å². The maximum absolute atomic E-state index is 12.7. The first-order valence-electron chi connectivity index (χ1n) is 8.95. The third-order valence-electron chi connectivity index (χ3n) is 4.77. The Morgan fingerprint density at radius 3 is 2.93 bits per heavy atom. The summed E-state index contributed by atoms with van der Waals surface area (Å²) in [5.41, 5.74) is 3.82. The van der Waals surface area contributed by atoms with Crippen molar-refractivity contribution in [3.05, 3.63) is 65.2 Å². The van der Waals surface area contributed by atoms with Gasteiger partial charge >= 0.3 is 0 Å². The Bertz CT molecular complexity index is 990. The van der Waals surface area contributed by atoms with Gasteiger partial charge in [0.1, 0.15) is 18.4 Å². The molecule has 0 aliphatic carbocycles. The predicted molar refractivity (Wildman–Crippen MR) is 107 cm³/mol. The Kier molecular flexibility index (Phi) is 5.27. The van der Waals surface area contributed by atoms with E-state index in [1.807, 2.05) is 12.1 Å². The summed E-state index contributed by atoms with van der Waals surface area (Å²) in [4.78, 5) is 18.8. The van der Waals surface area contributed by atoms with Crippen molar-refractivity contribution in [1.29, 1.82) is 0 Å². The van der Waals surface area contributed by atoms with E-state index in [4.69, 9.17) is 16.3 Å². The number of nitrogens with zero attached hydrogens (tertiary/aromatic N) is 4. The van der Waals surface area contributed by atoms with Gasteiger partial charge in [0.25, 0.3) is 0 Å². The van der Waals surface area contributed by atoms with Crippen molar-refractivity contribution in [2.45, 2.75) is 13.0 Å². The Morgan fingerprint density at radius 1 is 1.25 bits per heavy atom. The van der Waals surface area contributed by atoms with Crippen LogP contribution in [-0.4, -0.2) is 45.8 Å². The van der Waals surface area contributed by atoms with Gasteiger partial charge in [-0.3, -0.25) is 9.69 Å². The molecule has 7 nitrogen and oxygen atoms in total. The molecule has 0 spiro atoms. The molecule has 0 unspecified atom stereocenters. The molecular formula is C20H20ClN5O2. The summed E-state index contributed by atoms with van der Waals surface area (Å²) >= 11 is 6.12. The van der Waals surface area contributed by atoms with E-state index in [1.165, 1.54) is 17.5 Å². The lowest BCUT2D eigenvalue weighted by Gasteiger charge is -2.28. The summed E-state index contributed by atoms with van der Waals surface area (Å²) in [5.74, 6) is 0.733. The van der Waals surface area contributed by atoms with E-state index in [0.717, 1.165) is 18.7 Å². The number of carbonyl (C=O) groups is 1. The molecular weight excluding hydrogens is 378 g/mol. The number of anilines is 1. The number of aromatic nitrogens is 3. The van der Waals surface area contributed by atoms with Gasteiger partial charge in [-0.05, 0) is 47.9 Å². The first-order chi connectivity index (χ1) is 13.6. The van der Waals surface area contributed by atoms with Gasteiger partial charge < -0.3 is 10.1 Å². The second-order valence-corrected chi connectivity index (χ2v) is 7.08. The number of hydrogen-bond acceptors (Lipinski definition) is 5. The smallest absolute Gasteiger partial charge is 0.238 e. The fourth-order valence-corrected chi connectivity index (χ4v) is 3.56. The molecule has 0 atom stereocenters. The second-order valence-electron chi connectivity index (χ2n) is 6.64. The van der Waals surface area contributed by atoms with Crippen LogP contribution >= 0.6 is 11.6 Å². The zero-order valence-electron chi connectivity index (χ0n) is 15.4. The van der Waals surface area contributed by atoms with Crippen LogP contribution in [-0.2, 0) is 17.8 Å². The predicted octanol–water partition coefficient (Wildman–Crippen LogP) is 2.93. The number of methoxy groups -OCH3 is 1. The Labute approximate surface area is 167 Å². The van der Waals surface area contributed by atoms with Gasteiger partial charge in [-0.25, -0.2) is 9.67 Å². The van der Waals surface area contributed by atoms with Gasteiger partial charge in [0, 0.05) is 18.1 Å². The molecule has 144 valence electrons. The first kappa shape index (κ1) is 18.5. The summed E-state index contributed by atoms with van der Waals surface area (Å²) in [6, 6.07) is 11.4. The Morgan fingerprint density at radius 2 is 2.14 bits per heavy atom. The number of carbonyl (C=O) groups excluding carboxylic acids is 1. The highest BCUT2D eigenvalue weighted by molar-refractivity contribution is 6.31. The minimum Gasteiger partial charge on any atom is -0.497 e. The molecule has 4 rings (SSSR count). The summed E-state index contributed by atoms with van der Waals surface area (Å²) in [7, 11) is 1.66. The minimum atomic E-state index is -0.102. The van der Waals surface area contributed by atoms with Gasteiger partial charge in [-0.15, -0.1) is 0 Å². The molecule has 0 saturated heterocycles. The minimum absolute atomic E-state index is 0.102. The molecule has 2 aromatic carbocycles. The molecule has 1 aliphatic heterocycles. The van der Waals surface area contributed by atoms with E-state index in [0.29, 0.717) is 29.5 Å². The summed E-state index contributed by atoms with van der Waals surface area (Å²) in [6.45, 7) is 1.84. The van der Waals surface area contributed by atoms with Crippen LogP contribution in [0.5, 0.6) is 5.75 Å². The molecule has 3 aromatic rings. The first-order valence-corrected chi connectivity index (χ1v) is 9.33. The second kappa shape index (κ2) is 8.00. The fraction of sp³-hybridized carbons (Fsp3) is 0.250. The lowest BCUT2D eigenvalue weighted by molar-refractivity contribution is -0.117. The van der Waals surface area contributed by atoms with E-state index in [2.05, 4.69) is 26.4 Å². The molecule has 1 aromatic heterocycles. The van der Waals surface area contributed by atoms with Crippen molar-refractivity contribution >= 4 is 23.2 Å². The fourth-order valence-electron chi connectivity index (χ4n) is 3.39. The number of benzene rings is 2. The molecule has 0 radical (unpaired) electrons. The van der Waals surface area contributed by atoms with Crippen molar-refractivity contribution in [3.8, 4) is 11.4 Å². The van der Waals surface area contributed by atoms with Gasteiger partial charge in [0.05, 0.1) is 25.0 Å². The van der Waals surface area contributed by atoms with Crippen molar-refractivity contribution < 1.29 is 9.53 Å². The molecule has 0 bridgehead atoms. The lowest BCUT2D eigenvalue weighted by atomic mass is 9.99. The average Bonchev–Trinajstić information content (AvgIpc) is 3.22. The van der Waals surface area contributed by atoms with Crippen molar-refractivity contribution in [2.75, 3.05) is 25.5 Å². The molecule has 1 amide bonds. The zero-order chi connectivity index (χ0) is 19.5.